The fourth-order valence-electron chi connectivity index (χ4n) is 3.96. The van der Waals surface area contributed by atoms with Crippen LogP contribution < -0.4 is 5.32 Å². The summed E-state index contributed by atoms with van der Waals surface area (Å²) < 4.78 is 28.6. The van der Waals surface area contributed by atoms with Crippen molar-refractivity contribution in [2.75, 3.05) is 26.7 Å². The number of carbonyl (C=O) groups excluding carboxylic acids is 1. The molecule has 134 valence electrons. The van der Waals surface area contributed by atoms with Gasteiger partial charge in [0.15, 0.2) is 5.84 Å². The third-order valence-corrected chi connectivity index (χ3v) is 6.68. The van der Waals surface area contributed by atoms with E-state index in [0.29, 0.717) is 17.9 Å². The van der Waals surface area contributed by atoms with E-state index in [4.69, 9.17) is 0 Å². The Morgan fingerprint density at radius 2 is 2.12 bits per heavy atom. The molecule has 3 aliphatic heterocycles. The monoisotopic (exact) mass is 362 g/mol. The van der Waals surface area contributed by atoms with Crippen LogP contribution in [0.4, 0.5) is 0 Å². The van der Waals surface area contributed by atoms with Gasteiger partial charge < -0.3 is 15.1 Å². The van der Waals surface area contributed by atoms with E-state index in [2.05, 4.69) is 9.71 Å². The summed E-state index contributed by atoms with van der Waals surface area (Å²) in [5.41, 5.74) is 0.604. The van der Waals surface area contributed by atoms with E-state index < -0.39 is 10.0 Å². The van der Waals surface area contributed by atoms with Crippen LogP contribution in [0.3, 0.4) is 0 Å². The molecule has 0 bridgehead atoms. The van der Waals surface area contributed by atoms with Crippen molar-refractivity contribution < 1.29 is 13.2 Å². The Labute approximate surface area is 147 Å². The SMILES string of the molecule is CN(C(=O)C1CCCN1C1=NS(=O)(=O)c2ccccc21)C1CCNC1. The number of sulfonamides is 1. The fraction of sp³-hybridized carbons (Fsp3) is 0.529. The molecular formula is C17H22N4O3S. The molecular weight excluding hydrogens is 340 g/mol. The van der Waals surface area contributed by atoms with Gasteiger partial charge in [-0.2, -0.15) is 8.42 Å². The van der Waals surface area contributed by atoms with E-state index in [0.717, 1.165) is 32.4 Å². The van der Waals surface area contributed by atoms with Crippen LogP contribution in [0.5, 0.6) is 0 Å². The first-order valence-electron chi connectivity index (χ1n) is 8.67. The van der Waals surface area contributed by atoms with Gasteiger partial charge in [0, 0.05) is 31.7 Å². The van der Waals surface area contributed by atoms with E-state index >= 15 is 0 Å². The summed E-state index contributed by atoms with van der Waals surface area (Å²) in [6, 6.07) is 6.70. The topological polar surface area (TPSA) is 82.1 Å². The van der Waals surface area contributed by atoms with Crippen LogP contribution in [0.2, 0.25) is 0 Å². The normalized spacial score (nSPS) is 27.2. The van der Waals surface area contributed by atoms with Crippen LogP contribution in [0.15, 0.2) is 33.6 Å². The Bertz CT molecular complexity index is 830. The number of hydrogen-bond donors (Lipinski definition) is 1. The minimum atomic E-state index is -3.67. The Morgan fingerprint density at radius 1 is 1.32 bits per heavy atom. The van der Waals surface area contributed by atoms with E-state index in [-0.39, 0.29) is 22.9 Å². The summed E-state index contributed by atoms with van der Waals surface area (Å²) in [5.74, 6) is 0.472. The molecule has 7 nitrogen and oxygen atoms in total. The highest BCUT2D eigenvalue weighted by molar-refractivity contribution is 7.90. The lowest BCUT2D eigenvalue weighted by molar-refractivity contribution is -0.135. The van der Waals surface area contributed by atoms with Crippen LogP contribution in [-0.2, 0) is 14.8 Å². The van der Waals surface area contributed by atoms with Gasteiger partial charge >= 0.3 is 0 Å². The Balaban J connectivity index is 1.63. The molecule has 0 radical (unpaired) electrons. The first-order valence-corrected chi connectivity index (χ1v) is 10.1. The lowest BCUT2D eigenvalue weighted by atomic mass is 10.1. The molecule has 1 aromatic carbocycles. The zero-order valence-electron chi connectivity index (χ0n) is 14.2. The number of likely N-dealkylation sites (N-methyl/N-ethyl adjacent to an activating group) is 1. The molecule has 0 spiro atoms. The first-order chi connectivity index (χ1) is 12.0. The van der Waals surface area contributed by atoms with E-state index in [9.17, 15) is 13.2 Å². The van der Waals surface area contributed by atoms with Gasteiger partial charge in [0.25, 0.3) is 10.0 Å². The van der Waals surface area contributed by atoms with Crippen LogP contribution in [-0.4, -0.2) is 68.7 Å². The van der Waals surface area contributed by atoms with Gasteiger partial charge in [0.1, 0.15) is 10.9 Å². The number of hydrogen-bond acceptors (Lipinski definition) is 5. The summed E-state index contributed by atoms with van der Waals surface area (Å²) in [7, 11) is -1.82. The number of benzene rings is 1. The molecule has 1 amide bonds. The maximum Gasteiger partial charge on any atom is 0.285 e. The molecule has 3 aliphatic rings. The summed E-state index contributed by atoms with van der Waals surface area (Å²) in [6.07, 6.45) is 2.53. The smallest absolute Gasteiger partial charge is 0.285 e. The van der Waals surface area contributed by atoms with Crippen LogP contribution >= 0.6 is 0 Å². The maximum atomic E-state index is 13.0. The van der Waals surface area contributed by atoms with Gasteiger partial charge in [-0.1, -0.05) is 12.1 Å². The maximum absolute atomic E-state index is 13.0. The summed E-state index contributed by atoms with van der Waals surface area (Å²) in [5, 5.41) is 3.28. The average Bonchev–Trinajstić information content (AvgIpc) is 3.33. The lowest BCUT2D eigenvalue weighted by Gasteiger charge is -2.32. The van der Waals surface area contributed by atoms with Gasteiger partial charge in [-0.25, -0.2) is 0 Å². The number of fused-ring (bicyclic) bond motifs is 1. The van der Waals surface area contributed by atoms with E-state index in [1.807, 2.05) is 16.8 Å². The zero-order valence-corrected chi connectivity index (χ0v) is 15.0. The number of carbonyl (C=O) groups is 1. The molecule has 8 heteroatoms. The van der Waals surface area contributed by atoms with Crippen molar-refractivity contribution in [1.29, 1.82) is 0 Å². The number of amides is 1. The molecule has 0 saturated carbocycles. The molecule has 2 saturated heterocycles. The van der Waals surface area contributed by atoms with Gasteiger partial charge in [-0.3, -0.25) is 4.79 Å². The second-order valence-electron chi connectivity index (χ2n) is 6.83. The average molecular weight is 362 g/mol. The van der Waals surface area contributed by atoms with Gasteiger partial charge in [0.05, 0.1) is 0 Å². The first kappa shape index (κ1) is 16.5. The number of likely N-dealkylation sites (tertiary alicyclic amines) is 1. The van der Waals surface area contributed by atoms with E-state index in [1.54, 1.807) is 24.3 Å². The quantitative estimate of drug-likeness (QED) is 0.825. The highest BCUT2D eigenvalue weighted by atomic mass is 32.2. The molecule has 0 aromatic heterocycles. The molecule has 25 heavy (non-hydrogen) atoms. The second kappa shape index (κ2) is 6.10. The van der Waals surface area contributed by atoms with Gasteiger partial charge in [-0.05, 0) is 37.9 Å². The Hall–Kier alpha value is -1.93. The minimum Gasteiger partial charge on any atom is -0.343 e. The highest BCUT2D eigenvalue weighted by Gasteiger charge is 2.41. The van der Waals surface area contributed by atoms with Crippen molar-refractivity contribution in [2.24, 2.45) is 4.40 Å². The number of nitrogens with one attached hydrogen (secondary N) is 1. The second-order valence-corrected chi connectivity index (χ2v) is 8.41. The highest BCUT2D eigenvalue weighted by Crippen LogP contribution is 2.31. The predicted octanol–water partition coefficient (Wildman–Crippen LogP) is 0.420. The largest absolute Gasteiger partial charge is 0.343 e. The fourth-order valence-corrected chi connectivity index (χ4v) is 5.17. The van der Waals surface area contributed by atoms with E-state index in [1.165, 1.54) is 0 Å². The summed E-state index contributed by atoms with van der Waals surface area (Å²) in [6.45, 7) is 2.39. The molecule has 1 aromatic rings. The zero-order chi connectivity index (χ0) is 17.6. The number of amidine groups is 1. The van der Waals surface area contributed by atoms with Crippen molar-refractivity contribution in [1.82, 2.24) is 15.1 Å². The van der Waals surface area contributed by atoms with Crippen molar-refractivity contribution in [2.45, 2.75) is 36.2 Å². The molecule has 2 unspecified atom stereocenters. The van der Waals surface area contributed by atoms with Gasteiger partial charge in [-0.15, -0.1) is 4.40 Å². The Kier molecular flexibility index (Phi) is 4.04. The third kappa shape index (κ3) is 2.73. The Morgan fingerprint density at radius 3 is 2.88 bits per heavy atom. The van der Waals surface area contributed by atoms with Crippen LogP contribution in [0, 0.1) is 0 Å². The standard InChI is InChI=1S/C17H22N4O3S/c1-20(12-8-9-18-11-12)17(22)14-6-4-10-21(14)16-13-5-2-3-7-15(13)25(23,24)19-16/h2-3,5,7,12,14,18H,4,6,8-11H2,1H3. The predicted molar refractivity (Wildman–Crippen MR) is 93.9 cm³/mol. The van der Waals surface area contributed by atoms with Crippen LogP contribution in [0.25, 0.3) is 0 Å². The van der Waals surface area contributed by atoms with Crippen molar-refractivity contribution >= 4 is 21.8 Å². The van der Waals surface area contributed by atoms with Crippen molar-refractivity contribution in [3.05, 3.63) is 29.8 Å². The summed E-state index contributed by atoms with van der Waals surface area (Å²) in [4.78, 5) is 17.0. The molecule has 1 N–H and O–H groups in total. The van der Waals surface area contributed by atoms with Crippen molar-refractivity contribution in [3.8, 4) is 0 Å². The van der Waals surface area contributed by atoms with Gasteiger partial charge in [0.2, 0.25) is 5.91 Å². The molecule has 4 rings (SSSR count). The molecule has 2 atom stereocenters. The molecule has 2 fully saturated rings. The molecule has 0 aliphatic carbocycles. The molecule has 3 heterocycles. The van der Waals surface area contributed by atoms with Crippen molar-refractivity contribution in [3.63, 3.8) is 0 Å². The minimum absolute atomic E-state index is 0.0516. The van der Waals surface area contributed by atoms with Crippen LogP contribution in [0.1, 0.15) is 24.8 Å². The number of nitrogens with zero attached hydrogens (tertiary/aromatic N) is 3. The third-order valence-electron chi connectivity index (χ3n) is 5.35. The number of rotatable bonds is 2. The summed E-state index contributed by atoms with van der Waals surface area (Å²) >= 11 is 0. The lowest BCUT2D eigenvalue weighted by Crippen LogP contribution is -2.50.